The van der Waals surface area contributed by atoms with Crippen molar-refractivity contribution in [1.82, 2.24) is 9.80 Å². The number of benzene rings is 1. The first-order valence-electron chi connectivity index (χ1n) is 8.58. The van der Waals surface area contributed by atoms with Crippen LogP contribution in [0.1, 0.15) is 48.7 Å². The minimum absolute atomic E-state index is 0.0118. The number of carbonyl (C=O) groups excluding carboxylic acids is 2. The predicted molar refractivity (Wildman–Crippen MR) is 99.6 cm³/mol. The van der Waals surface area contributed by atoms with Crippen LogP contribution in [0.3, 0.4) is 0 Å². The second-order valence-corrected chi connectivity index (χ2v) is 7.64. The molecule has 2 amide bonds. The Hall–Kier alpha value is -2.30. The minimum Gasteiger partial charge on any atom is -0.444 e. The van der Waals surface area contributed by atoms with Gasteiger partial charge in [0.2, 0.25) is 0 Å². The molecule has 1 heterocycles. The first-order chi connectivity index (χ1) is 11.6. The summed E-state index contributed by atoms with van der Waals surface area (Å²) < 4.78 is 5.42. The van der Waals surface area contributed by atoms with Crippen LogP contribution in [0.25, 0.3) is 5.57 Å². The highest BCUT2D eigenvalue weighted by Gasteiger charge is 2.24. The number of nitrogens with zero attached hydrogens (tertiary/aromatic N) is 2. The smallest absolute Gasteiger partial charge is 0.410 e. The first-order valence-corrected chi connectivity index (χ1v) is 8.58. The van der Waals surface area contributed by atoms with Crippen LogP contribution in [0.4, 0.5) is 4.79 Å². The molecule has 5 heteroatoms. The number of amides is 2. The van der Waals surface area contributed by atoms with Crippen molar-refractivity contribution in [2.24, 2.45) is 0 Å². The Bertz CT molecular complexity index is 699. The molecule has 0 aliphatic carbocycles. The standard InChI is InChI=1S/C20H28N2O3/c1-14-13-16(7-8-17(14)18(23)21(5)6)15-9-11-22(12-10-15)19(24)25-20(2,3)4/h7-9,13H,10-12H2,1-6H3. The molecule has 1 aliphatic heterocycles. The van der Waals surface area contributed by atoms with Crippen LogP contribution in [-0.2, 0) is 4.74 Å². The molecule has 1 aromatic carbocycles. The number of ether oxygens (including phenoxy) is 1. The highest BCUT2D eigenvalue weighted by molar-refractivity contribution is 5.95. The van der Waals surface area contributed by atoms with E-state index in [1.165, 1.54) is 5.57 Å². The van der Waals surface area contributed by atoms with Crippen LogP contribution in [0, 0.1) is 6.92 Å². The summed E-state index contributed by atoms with van der Waals surface area (Å²) >= 11 is 0. The van der Waals surface area contributed by atoms with Gasteiger partial charge in [-0.3, -0.25) is 4.79 Å². The minimum atomic E-state index is -0.479. The molecule has 2 rings (SSSR count). The summed E-state index contributed by atoms with van der Waals surface area (Å²) in [6.45, 7) is 8.75. The van der Waals surface area contributed by atoms with Crippen molar-refractivity contribution in [2.45, 2.75) is 39.7 Å². The van der Waals surface area contributed by atoms with Crippen molar-refractivity contribution in [1.29, 1.82) is 0 Å². The zero-order valence-electron chi connectivity index (χ0n) is 16.0. The van der Waals surface area contributed by atoms with E-state index in [1.54, 1.807) is 23.9 Å². The van der Waals surface area contributed by atoms with E-state index in [9.17, 15) is 9.59 Å². The van der Waals surface area contributed by atoms with Gasteiger partial charge in [0.1, 0.15) is 5.60 Å². The molecule has 0 fully saturated rings. The van der Waals surface area contributed by atoms with Gasteiger partial charge in [-0.1, -0.05) is 18.2 Å². The number of carbonyl (C=O) groups is 2. The van der Waals surface area contributed by atoms with E-state index in [2.05, 4.69) is 6.08 Å². The highest BCUT2D eigenvalue weighted by atomic mass is 16.6. The Kier molecular flexibility index (Phi) is 5.55. The van der Waals surface area contributed by atoms with Crippen LogP contribution in [0.5, 0.6) is 0 Å². The van der Waals surface area contributed by atoms with Crippen molar-refractivity contribution < 1.29 is 14.3 Å². The van der Waals surface area contributed by atoms with E-state index in [4.69, 9.17) is 4.74 Å². The number of hydrogen-bond acceptors (Lipinski definition) is 3. The first kappa shape index (κ1) is 19.0. The van der Waals surface area contributed by atoms with Gasteiger partial charge in [0.05, 0.1) is 0 Å². The van der Waals surface area contributed by atoms with Gasteiger partial charge in [-0.05, 0) is 56.9 Å². The van der Waals surface area contributed by atoms with Gasteiger partial charge in [0.15, 0.2) is 0 Å². The molecule has 136 valence electrons. The molecule has 1 aromatic rings. The Morgan fingerprint density at radius 2 is 1.88 bits per heavy atom. The normalized spacial score (nSPS) is 14.8. The zero-order valence-corrected chi connectivity index (χ0v) is 16.0. The zero-order chi connectivity index (χ0) is 18.8. The van der Waals surface area contributed by atoms with Crippen molar-refractivity contribution in [3.05, 3.63) is 41.0 Å². The Morgan fingerprint density at radius 3 is 2.36 bits per heavy atom. The second-order valence-electron chi connectivity index (χ2n) is 7.64. The average molecular weight is 344 g/mol. The Morgan fingerprint density at radius 1 is 1.20 bits per heavy atom. The lowest BCUT2D eigenvalue weighted by Gasteiger charge is -2.29. The van der Waals surface area contributed by atoms with Crippen LogP contribution in [0.2, 0.25) is 0 Å². The largest absolute Gasteiger partial charge is 0.444 e. The van der Waals surface area contributed by atoms with Crippen molar-refractivity contribution in [3.8, 4) is 0 Å². The lowest BCUT2D eigenvalue weighted by molar-refractivity contribution is 0.0270. The lowest BCUT2D eigenvalue weighted by atomic mass is 9.95. The maximum Gasteiger partial charge on any atom is 0.410 e. The lowest BCUT2D eigenvalue weighted by Crippen LogP contribution is -2.39. The molecule has 1 aliphatic rings. The molecule has 5 nitrogen and oxygen atoms in total. The van der Waals surface area contributed by atoms with Gasteiger partial charge in [-0.15, -0.1) is 0 Å². The van der Waals surface area contributed by atoms with Crippen LogP contribution in [-0.4, -0.2) is 54.6 Å². The molecule has 0 saturated carbocycles. The summed E-state index contributed by atoms with van der Waals surface area (Å²) in [6, 6.07) is 5.92. The fourth-order valence-electron chi connectivity index (χ4n) is 2.77. The fraction of sp³-hybridized carbons (Fsp3) is 0.500. The molecule has 0 spiro atoms. The van der Waals surface area contributed by atoms with Crippen molar-refractivity contribution in [3.63, 3.8) is 0 Å². The molecule has 0 saturated heterocycles. The molecule has 25 heavy (non-hydrogen) atoms. The summed E-state index contributed by atoms with van der Waals surface area (Å²) in [5.74, 6) is 0.0118. The van der Waals surface area contributed by atoms with E-state index < -0.39 is 5.60 Å². The summed E-state index contributed by atoms with van der Waals surface area (Å²) in [5.41, 5.74) is 3.52. The highest BCUT2D eigenvalue weighted by Crippen LogP contribution is 2.25. The van der Waals surface area contributed by atoms with E-state index in [0.717, 1.165) is 23.1 Å². The molecular weight excluding hydrogens is 316 g/mol. The number of hydrogen-bond donors (Lipinski definition) is 0. The van der Waals surface area contributed by atoms with Gasteiger partial charge in [-0.25, -0.2) is 4.79 Å². The van der Waals surface area contributed by atoms with E-state index in [1.807, 2.05) is 45.9 Å². The van der Waals surface area contributed by atoms with E-state index in [-0.39, 0.29) is 12.0 Å². The average Bonchev–Trinajstić information content (AvgIpc) is 2.52. The Labute approximate surface area is 150 Å². The topological polar surface area (TPSA) is 49.9 Å². The third-order valence-electron chi connectivity index (χ3n) is 4.09. The summed E-state index contributed by atoms with van der Waals surface area (Å²) in [6.07, 6.45) is 2.57. The fourth-order valence-corrected chi connectivity index (χ4v) is 2.77. The van der Waals surface area contributed by atoms with Gasteiger partial charge >= 0.3 is 6.09 Å². The molecular formula is C20H28N2O3. The van der Waals surface area contributed by atoms with E-state index >= 15 is 0 Å². The molecule has 0 bridgehead atoms. The maximum absolute atomic E-state index is 12.1. The van der Waals surface area contributed by atoms with Crippen LogP contribution in [0.15, 0.2) is 24.3 Å². The number of rotatable bonds is 2. The molecule has 0 unspecified atom stereocenters. The summed E-state index contributed by atoms with van der Waals surface area (Å²) in [5, 5.41) is 0. The van der Waals surface area contributed by atoms with Gasteiger partial charge in [-0.2, -0.15) is 0 Å². The predicted octanol–water partition coefficient (Wildman–Crippen LogP) is 3.72. The number of aryl methyl sites for hydroxylation is 1. The second kappa shape index (κ2) is 7.30. The SMILES string of the molecule is Cc1cc(C2=CCN(C(=O)OC(C)(C)C)CC2)ccc1C(=O)N(C)C. The maximum atomic E-state index is 12.1. The third-order valence-corrected chi connectivity index (χ3v) is 4.09. The third kappa shape index (κ3) is 4.84. The summed E-state index contributed by atoms with van der Waals surface area (Å²) in [4.78, 5) is 27.6. The van der Waals surface area contributed by atoms with Crippen molar-refractivity contribution >= 4 is 17.6 Å². The molecule has 0 radical (unpaired) electrons. The van der Waals surface area contributed by atoms with E-state index in [0.29, 0.717) is 13.1 Å². The molecule has 0 aromatic heterocycles. The Balaban J connectivity index is 2.10. The van der Waals surface area contributed by atoms with Gasteiger partial charge in [0.25, 0.3) is 5.91 Å². The summed E-state index contributed by atoms with van der Waals surface area (Å²) in [7, 11) is 3.51. The molecule has 0 atom stereocenters. The monoisotopic (exact) mass is 344 g/mol. The van der Waals surface area contributed by atoms with Gasteiger partial charge in [0, 0.05) is 32.7 Å². The quantitative estimate of drug-likeness (QED) is 0.821. The van der Waals surface area contributed by atoms with Crippen LogP contribution < -0.4 is 0 Å². The van der Waals surface area contributed by atoms with Crippen molar-refractivity contribution in [2.75, 3.05) is 27.2 Å². The molecule has 0 N–H and O–H groups in total. The van der Waals surface area contributed by atoms with Gasteiger partial charge < -0.3 is 14.5 Å². The van der Waals surface area contributed by atoms with Crippen LogP contribution >= 0.6 is 0 Å².